The predicted molar refractivity (Wildman–Crippen MR) is 136 cm³/mol. The van der Waals surface area contributed by atoms with Crippen molar-refractivity contribution in [2.24, 2.45) is 0 Å². The Kier molecular flexibility index (Phi) is 9.02. The third-order valence-electron chi connectivity index (χ3n) is 5.57. The third kappa shape index (κ3) is 5.85. The number of amides is 1. The average Bonchev–Trinajstić information content (AvgIpc) is 3.18. The highest BCUT2D eigenvalue weighted by Crippen LogP contribution is 2.32. The standard InChI is InChI=1S/C22H25N5O5S.ClH/c1-5-24(6-2)7-8-25(22-23-19-9-14(3)15(4)10-20(19)33-22)21(28)16-11-17(26(29)30)13-18(12-16)27(31)32;/h9-13H,5-8H2,1-4H3;1H. The summed E-state index contributed by atoms with van der Waals surface area (Å²) >= 11 is 1.35. The van der Waals surface area contributed by atoms with Crippen molar-refractivity contribution in [1.82, 2.24) is 9.88 Å². The number of halogens is 1. The average molecular weight is 508 g/mol. The maximum absolute atomic E-state index is 13.5. The number of hydrogen-bond donors (Lipinski definition) is 0. The lowest BCUT2D eigenvalue weighted by atomic mass is 10.1. The number of nitro groups is 2. The molecule has 0 bridgehead atoms. The van der Waals surface area contributed by atoms with E-state index < -0.39 is 27.1 Å². The van der Waals surface area contributed by atoms with Crippen LogP contribution in [0.2, 0.25) is 0 Å². The van der Waals surface area contributed by atoms with Crippen molar-refractivity contribution in [3.8, 4) is 0 Å². The van der Waals surface area contributed by atoms with Gasteiger partial charge in [0.1, 0.15) is 0 Å². The normalized spacial score (nSPS) is 10.9. The van der Waals surface area contributed by atoms with Crippen LogP contribution in [-0.4, -0.2) is 51.8 Å². The van der Waals surface area contributed by atoms with E-state index in [-0.39, 0.29) is 24.5 Å². The van der Waals surface area contributed by atoms with Gasteiger partial charge in [-0.15, -0.1) is 12.4 Å². The maximum atomic E-state index is 13.5. The number of fused-ring (bicyclic) bond motifs is 1. The van der Waals surface area contributed by atoms with Crippen LogP contribution in [0, 0.1) is 34.1 Å². The molecular weight excluding hydrogens is 482 g/mol. The van der Waals surface area contributed by atoms with E-state index in [2.05, 4.69) is 9.88 Å². The molecule has 1 aromatic heterocycles. The quantitative estimate of drug-likeness (QED) is 0.290. The van der Waals surface area contributed by atoms with Gasteiger partial charge >= 0.3 is 0 Å². The molecule has 3 aromatic rings. The molecule has 0 saturated carbocycles. The van der Waals surface area contributed by atoms with E-state index in [9.17, 15) is 25.0 Å². The van der Waals surface area contributed by atoms with E-state index in [0.29, 0.717) is 11.7 Å². The van der Waals surface area contributed by atoms with Crippen LogP contribution in [0.3, 0.4) is 0 Å². The summed E-state index contributed by atoms with van der Waals surface area (Å²) in [6.45, 7) is 10.4. The van der Waals surface area contributed by atoms with E-state index in [4.69, 9.17) is 0 Å². The van der Waals surface area contributed by atoms with E-state index in [1.54, 1.807) is 0 Å². The minimum absolute atomic E-state index is 0. The Labute approximate surface area is 206 Å². The zero-order valence-electron chi connectivity index (χ0n) is 19.3. The molecular formula is C22H26ClN5O5S. The van der Waals surface area contributed by atoms with Gasteiger partial charge in [-0.25, -0.2) is 4.98 Å². The molecule has 10 nitrogen and oxygen atoms in total. The number of carbonyl (C=O) groups excluding carboxylic acids is 1. The van der Waals surface area contributed by atoms with Gasteiger partial charge in [0.05, 0.1) is 31.7 Å². The Bertz CT molecular complexity index is 1160. The lowest BCUT2D eigenvalue weighted by Crippen LogP contribution is -2.38. The van der Waals surface area contributed by atoms with Crippen molar-refractivity contribution in [2.75, 3.05) is 31.1 Å². The lowest BCUT2D eigenvalue weighted by molar-refractivity contribution is -0.394. The minimum Gasteiger partial charge on any atom is -0.302 e. The fraction of sp³-hybridized carbons (Fsp3) is 0.364. The summed E-state index contributed by atoms with van der Waals surface area (Å²) in [5.41, 5.74) is 1.80. The second kappa shape index (κ2) is 11.3. The number of likely N-dealkylation sites (N-methyl/N-ethyl adjacent to an activating group) is 1. The number of nitro benzene ring substituents is 2. The lowest BCUT2D eigenvalue weighted by Gasteiger charge is -2.24. The monoisotopic (exact) mass is 507 g/mol. The zero-order chi connectivity index (χ0) is 24.3. The van der Waals surface area contributed by atoms with Crippen LogP contribution in [0.4, 0.5) is 16.5 Å². The second-order valence-electron chi connectivity index (χ2n) is 7.64. The molecule has 0 N–H and O–H groups in total. The molecule has 1 heterocycles. The second-order valence-corrected chi connectivity index (χ2v) is 8.65. The minimum atomic E-state index is -0.743. The third-order valence-corrected chi connectivity index (χ3v) is 6.62. The molecule has 182 valence electrons. The van der Waals surface area contributed by atoms with Crippen LogP contribution in [-0.2, 0) is 0 Å². The molecule has 34 heavy (non-hydrogen) atoms. The highest BCUT2D eigenvalue weighted by molar-refractivity contribution is 7.22. The van der Waals surface area contributed by atoms with Gasteiger partial charge in [-0.05, 0) is 50.2 Å². The Balaban J connectivity index is 0.00000408. The summed E-state index contributed by atoms with van der Waals surface area (Å²) in [6, 6.07) is 6.95. The van der Waals surface area contributed by atoms with Gasteiger partial charge in [0.25, 0.3) is 17.3 Å². The van der Waals surface area contributed by atoms with Crippen molar-refractivity contribution in [3.63, 3.8) is 0 Å². The first kappa shape index (κ1) is 27.1. The first-order chi connectivity index (χ1) is 15.6. The van der Waals surface area contributed by atoms with E-state index >= 15 is 0 Å². The molecule has 12 heteroatoms. The van der Waals surface area contributed by atoms with Crippen LogP contribution in [0.15, 0.2) is 30.3 Å². The summed E-state index contributed by atoms with van der Waals surface area (Å²) in [5.74, 6) is -0.568. The first-order valence-electron chi connectivity index (χ1n) is 10.5. The molecule has 0 aliphatic rings. The number of hydrogen-bond acceptors (Lipinski definition) is 8. The number of carbonyl (C=O) groups is 1. The van der Waals surface area contributed by atoms with E-state index in [1.807, 2.05) is 39.8 Å². The smallest absolute Gasteiger partial charge is 0.277 e. The van der Waals surface area contributed by atoms with Crippen molar-refractivity contribution in [2.45, 2.75) is 27.7 Å². The first-order valence-corrected chi connectivity index (χ1v) is 11.3. The number of rotatable bonds is 9. The summed E-state index contributed by atoms with van der Waals surface area (Å²) in [5, 5.41) is 23.1. The van der Waals surface area contributed by atoms with Crippen molar-refractivity contribution < 1.29 is 14.6 Å². The van der Waals surface area contributed by atoms with Crippen molar-refractivity contribution in [1.29, 1.82) is 0 Å². The van der Waals surface area contributed by atoms with Crippen molar-refractivity contribution in [3.05, 3.63) is 67.3 Å². The van der Waals surface area contributed by atoms with Crippen LogP contribution in [0.25, 0.3) is 10.2 Å². The van der Waals surface area contributed by atoms with Gasteiger partial charge in [-0.3, -0.25) is 29.9 Å². The molecule has 3 rings (SSSR count). The fourth-order valence-electron chi connectivity index (χ4n) is 3.43. The molecule has 0 fully saturated rings. The number of anilines is 1. The van der Waals surface area contributed by atoms with Gasteiger partial charge in [0.15, 0.2) is 5.13 Å². The topological polar surface area (TPSA) is 123 Å². The number of thiazole rings is 1. The Morgan fingerprint density at radius 1 is 0.941 bits per heavy atom. The summed E-state index contributed by atoms with van der Waals surface area (Å²) in [6.07, 6.45) is 0. The number of aromatic nitrogens is 1. The predicted octanol–water partition coefficient (Wildman–Crippen LogP) is 5.14. The zero-order valence-corrected chi connectivity index (χ0v) is 20.9. The number of benzene rings is 2. The molecule has 0 saturated heterocycles. The van der Waals surface area contributed by atoms with Gasteiger partial charge in [0.2, 0.25) is 0 Å². The molecule has 0 unspecified atom stereocenters. The number of non-ortho nitro benzene ring substituents is 2. The Morgan fingerprint density at radius 2 is 1.50 bits per heavy atom. The Hall–Kier alpha value is -3.15. The van der Waals surface area contributed by atoms with Crippen molar-refractivity contribution >= 4 is 56.4 Å². The van der Waals surface area contributed by atoms with Gasteiger partial charge in [-0.2, -0.15) is 0 Å². The molecule has 2 aromatic carbocycles. The summed E-state index contributed by atoms with van der Waals surface area (Å²) < 4.78 is 0.916. The number of aryl methyl sites for hydroxylation is 2. The highest BCUT2D eigenvalue weighted by atomic mass is 35.5. The maximum Gasteiger partial charge on any atom is 0.277 e. The van der Waals surface area contributed by atoms with Crippen LogP contribution >= 0.6 is 23.7 Å². The van der Waals surface area contributed by atoms with Crippen LogP contribution in [0.5, 0.6) is 0 Å². The Morgan fingerprint density at radius 3 is 2.03 bits per heavy atom. The number of nitrogens with zero attached hydrogens (tertiary/aromatic N) is 5. The molecule has 0 aliphatic carbocycles. The molecule has 0 radical (unpaired) electrons. The largest absolute Gasteiger partial charge is 0.302 e. The van der Waals surface area contributed by atoms with Gasteiger partial charge in [0, 0.05) is 25.2 Å². The van der Waals surface area contributed by atoms with Crippen LogP contribution < -0.4 is 4.90 Å². The molecule has 1 amide bonds. The summed E-state index contributed by atoms with van der Waals surface area (Å²) in [7, 11) is 0. The SMILES string of the molecule is CCN(CC)CCN(C(=O)c1cc([N+](=O)[O-])cc([N+](=O)[O-])c1)c1nc2cc(C)c(C)cc2s1.Cl. The van der Waals surface area contributed by atoms with Gasteiger partial charge in [-0.1, -0.05) is 25.2 Å². The van der Waals surface area contributed by atoms with Gasteiger partial charge < -0.3 is 4.90 Å². The summed E-state index contributed by atoms with van der Waals surface area (Å²) in [4.78, 5) is 42.9. The molecule has 0 atom stereocenters. The highest BCUT2D eigenvalue weighted by Gasteiger charge is 2.26. The fourth-order valence-corrected chi connectivity index (χ4v) is 4.50. The molecule has 0 aliphatic heterocycles. The van der Waals surface area contributed by atoms with E-state index in [0.717, 1.165) is 52.6 Å². The molecule has 0 spiro atoms. The van der Waals surface area contributed by atoms with Crippen LogP contribution in [0.1, 0.15) is 35.3 Å². The van der Waals surface area contributed by atoms with E-state index in [1.165, 1.54) is 16.2 Å².